The van der Waals surface area contributed by atoms with Crippen LogP contribution in [-0.4, -0.2) is 18.3 Å². The zero-order chi connectivity index (χ0) is 11.6. The highest BCUT2D eigenvalue weighted by Crippen LogP contribution is 2.48. The lowest BCUT2D eigenvalue weighted by atomic mass is 9.92. The third-order valence-corrected chi connectivity index (χ3v) is 3.56. The molecule has 1 aromatic rings. The lowest BCUT2D eigenvalue weighted by Gasteiger charge is -2.18. The van der Waals surface area contributed by atoms with E-state index in [1.165, 1.54) is 11.1 Å². The minimum Gasteiger partial charge on any atom is -0.354 e. The lowest BCUT2D eigenvalue weighted by molar-refractivity contribution is -0.118. The zero-order valence-electron chi connectivity index (χ0n) is 9.42. The number of amides is 1. The molecule has 16 heavy (non-hydrogen) atoms. The predicted octanol–water partition coefficient (Wildman–Crippen LogP) is 2.38. The van der Waals surface area contributed by atoms with Crippen LogP contribution in [0.3, 0.4) is 0 Å². The van der Waals surface area contributed by atoms with E-state index in [0.717, 1.165) is 12.8 Å². The number of hydrogen-bond acceptors (Lipinski definition) is 1. The SMILES string of the molecule is Cc1ccccc1C1(CNC(=O)CCl)CC1. The van der Waals surface area contributed by atoms with Gasteiger partial charge in [0, 0.05) is 12.0 Å². The van der Waals surface area contributed by atoms with Crippen LogP contribution >= 0.6 is 11.6 Å². The second-order valence-corrected chi connectivity index (χ2v) is 4.77. The summed E-state index contributed by atoms with van der Waals surface area (Å²) in [5, 5.41) is 2.89. The van der Waals surface area contributed by atoms with Gasteiger partial charge in [-0.25, -0.2) is 0 Å². The average Bonchev–Trinajstić information content (AvgIpc) is 3.07. The molecule has 0 saturated heterocycles. The van der Waals surface area contributed by atoms with Crippen LogP contribution < -0.4 is 5.32 Å². The van der Waals surface area contributed by atoms with Gasteiger partial charge in [0.15, 0.2) is 0 Å². The van der Waals surface area contributed by atoms with E-state index in [9.17, 15) is 4.79 Å². The van der Waals surface area contributed by atoms with Crippen molar-refractivity contribution in [1.29, 1.82) is 0 Å². The lowest BCUT2D eigenvalue weighted by Crippen LogP contribution is -2.33. The summed E-state index contributed by atoms with van der Waals surface area (Å²) >= 11 is 5.47. The number of rotatable bonds is 4. The fraction of sp³-hybridized carbons (Fsp3) is 0.462. The molecule has 0 unspecified atom stereocenters. The molecule has 86 valence electrons. The largest absolute Gasteiger partial charge is 0.354 e. The molecular weight excluding hydrogens is 222 g/mol. The second-order valence-electron chi connectivity index (χ2n) is 4.51. The van der Waals surface area contributed by atoms with Crippen molar-refractivity contribution in [1.82, 2.24) is 5.32 Å². The Morgan fingerprint density at radius 1 is 1.44 bits per heavy atom. The number of carbonyl (C=O) groups is 1. The minimum absolute atomic E-state index is 0.0455. The van der Waals surface area contributed by atoms with Gasteiger partial charge in [-0.1, -0.05) is 24.3 Å². The van der Waals surface area contributed by atoms with Crippen molar-refractivity contribution in [3.05, 3.63) is 35.4 Å². The van der Waals surface area contributed by atoms with E-state index < -0.39 is 0 Å². The van der Waals surface area contributed by atoms with Crippen LogP contribution in [0, 0.1) is 6.92 Å². The first kappa shape index (κ1) is 11.5. The number of aryl methyl sites for hydroxylation is 1. The van der Waals surface area contributed by atoms with Gasteiger partial charge in [-0.05, 0) is 30.9 Å². The molecule has 0 radical (unpaired) electrons. The van der Waals surface area contributed by atoms with Crippen LogP contribution in [-0.2, 0) is 10.2 Å². The van der Waals surface area contributed by atoms with Gasteiger partial charge in [0.05, 0.1) is 0 Å². The Morgan fingerprint density at radius 2 is 2.12 bits per heavy atom. The Hall–Kier alpha value is -1.02. The fourth-order valence-electron chi connectivity index (χ4n) is 2.18. The molecule has 1 N–H and O–H groups in total. The maximum Gasteiger partial charge on any atom is 0.234 e. The Balaban J connectivity index is 2.09. The normalized spacial score (nSPS) is 16.9. The average molecular weight is 238 g/mol. The van der Waals surface area contributed by atoms with E-state index >= 15 is 0 Å². The number of nitrogens with one attached hydrogen (secondary N) is 1. The van der Waals surface area contributed by atoms with Crippen LogP contribution in [0.15, 0.2) is 24.3 Å². The molecule has 3 heteroatoms. The van der Waals surface area contributed by atoms with Crippen molar-refractivity contribution in [3.8, 4) is 0 Å². The van der Waals surface area contributed by atoms with E-state index in [1.54, 1.807) is 0 Å². The first-order valence-electron chi connectivity index (χ1n) is 5.57. The Kier molecular flexibility index (Phi) is 3.20. The van der Waals surface area contributed by atoms with Crippen molar-refractivity contribution in [2.45, 2.75) is 25.2 Å². The van der Waals surface area contributed by atoms with Crippen LogP contribution in [0.2, 0.25) is 0 Å². The number of halogens is 1. The highest BCUT2D eigenvalue weighted by Gasteiger charge is 2.44. The van der Waals surface area contributed by atoms with Gasteiger partial charge in [-0.2, -0.15) is 0 Å². The predicted molar refractivity (Wildman–Crippen MR) is 65.8 cm³/mol. The smallest absolute Gasteiger partial charge is 0.234 e. The van der Waals surface area contributed by atoms with E-state index in [1.807, 2.05) is 6.07 Å². The molecule has 1 fully saturated rings. The maximum absolute atomic E-state index is 11.2. The number of carbonyl (C=O) groups excluding carboxylic acids is 1. The molecule has 1 aromatic carbocycles. The van der Waals surface area contributed by atoms with Gasteiger partial charge in [-0.3, -0.25) is 4.79 Å². The Labute approximate surface area is 101 Å². The summed E-state index contributed by atoms with van der Waals surface area (Å²) in [6.45, 7) is 2.84. The van der Waals surface area contributed by atoms with Crippen LogP contribution in [0.1, 0.15) is 24.0 Å². The number of benzene rings is 1. The summed E-state index contributed by atoms with van der Waals surface area (Å²) < 4.78 is 0. The quantitative estimate of drug-likeness (QED) is 0.801. The molecule has 1 aliphatic rings. The van der Waals surface area contributed by atoms with Gasteiger partial charge in [-0.15, -0.1) is 11.6 Å². The number of alkyl halides is 1. The van der Waals surface area contributed by atoms with Crippen molar-refractivity contribution in [2.75, 3.05) is 12.4 Å². The van der Waals surface area contributed by atoms with E-state index in [2.05, 4.69) is 30.4 Å². The van der Waals surface area contributed by atoms with Crippen LogP contribution in [0.5, 0.6) is 0 Å². The molecule has 2 nitrogen and oxygen atoms in total. The van der Waals surface area contributed by atoms with Gasteiger partial charge in [0.2, 0.25) is 5.91 Å². The monoisotopic (exact) mass is 237 g/mol. The summed E-state index contributed by atoms with van der Waals surface area (Å²) in [7, 11) is 0. The van der Waals surface area contributed by atoms with Crippen molar-refractivity contribution in [2.24, 2.45) is 0 Å². The Morgan fingerprint density at radius 3 is 2.69 bits per heavy atom. The molecule has 2 rings (SSSR count). The highest BCUT2D eigenvalue weighted by atomic mass is 35.5. The molecule has 1 amide bonds. The summed E-state index contributed by atoms with van der Waals surface area (Å²) in [5.41, 5.74) is 2.84. The molecule has 1 aliphatic carbocycles. The maximum atomic E-state index is 11.2. The molecule has 0 spiro atoms. The van der Waals surface area contributed by atoms with Crippen molar-refractivity contribution in [3.63, 3.8) is 0 Å². The molecular formula is C13H16ClNO. The Bertz CT molecular complexity index is 399. The molecule has 0 aliphatic heterocycles. The topological polar surface area (TPSA) is 29.1 Å². The summed E-state index contributed by atoms with van der Waals surface area (Å²) in [6.07, 6.45) is 2.31. The van der Waals surface area contributed by atoms with Gasteiger partial charge in [0.25, 0.3) is 0 Å². The van der Waals surface area contributed by atoms with E-state index in [-0.39, 0.29) is 17.2 Å². The van der Waals surface area contributed by atoms with Crippen LogP contribution in [0.4, 0.5) is 0 Å². The van der Waals surface area contributed by atoms with E-state index in [4.69, 9.17) is 11.6 Å². The molecule has 1 saturated carbocycles. The second kappa shape index (κ2) is 4.46. The first-order valence-corrected chi connectivity index (χ1v) is 6.10. The molecule has 0 bridgehead atoms. The number of hydrogen-bond donors (Lipinski definition) is 1. The van der Waals surface area contributed by atoms with Crippen molar-refractivity contribution < 1.29 is 4.79 Å². The summed E-state index contributed by atoms with van der Waals surface area (Å²) in [4.78, 5) is 11.2. The zero-order valence-corrected chi connectivity index (χ0v) is 10.2. The molecule has 0 aromatic heterocycles. The van der Waals surface area contributed by atoms with Crippen LogP contribution in [0.25, 0.3) is 0 Å². The third kappa shape index (κ3) is 2.22. The van der Waals surface area contributed by atoms with Gasteiger partial charge >= 0.3 is 0 Å². The highest BCUT2D eigenvalue weighted by molar-refractivity contribution is 6.27. The summed E-state index contributed by atoms with van der Waals surface area (Å²) in [6, 6.07) is 8.39. The fourth-order valence-corrected chi connectivity index (χ4v) is 2.27. The summed E-state index contributed by atoms with van der Waals surface area (Å²) in [5.74, 6) is -0.0364. The third-order valence-electron chi connectivity index (χ3n) is 3.32. The standard InChI is InChI=1S/C13H16ClNO/c1-10-4-2-3-5-11(10)13(6-7-13)9-15-12(16)8-14/h2-5H,6-9H2,1H3,(H,15,16). The molecule has 0 atom stereocenters. The first-order chi connectivity index (χ1) is 7.68. The van der Waals surface area contributed by atoms with Gasteiger partial charge in [0.1, 0.15) is 5.88 Å². The van der Waals surface area contributed by atoms with Gasteiger partial charge < -0.3 is 5.32 Å². The van der Waals surface area contributed by atoms with E-state index in [0.29, 0.717) is 6.54 Å². The minimum atomic E-state index is -0.0819. The van der Waals surface area contributed by atoms with Crippen molar-refractivity contribution >= 4 is 17.5 Å². The molecule has 0 heterocycles.